The van der Waals surface area contributed by atoms with E-state index >= 15 is 0 Å². The average Bonchev–Trinajstić information content (AvgIpc) is 1.76. The fourth-order valence-corrected chi connectivity index (χ4v) is 14.3. The van der Waals surface area contributed by atoms with Crippen LogP contribution >= 0.6 is 38.8 Å². The molecular formula is C80H80Cl2F12KN4O6P2+. The van der Waals surface area contributed by atoms with E-state index in [-0.39, 0.29) is 64.2 Å². The normalized spacial score (nSPS) is 14.7. The van der Waals surface area contributed by atoms with Crippen molar-refractivity contribution in [3.8, 4) is 44.9 Å². The van der Waals surface area contributed by atoms with Crippen LogP contribution in [0.2, 0.25) is 0 Å². The van der Waals surface area contributed by atoms with Crippen molar-refractivity contribution in [1.29, 1.82) is 0 Å². The minimum atomic E-state index is -10.7. The number of halogens is 14. The Hall–Kier alpha value is -7.56. The molecule has 0 amide bonds. The van der Waals surface area contributed by atoms with Gasteiger partial charge in [0.25, 0.3) is 0 Å². The average molecular weight is 1590 g/mol. The number of benzene rings is 8. The number of allylic oxidation sites excluding steroid dienone is 2. The molecule has 0 saturated carbocycles. The van der Waals surface area contributed by atoms with Crippen molar-refractivity contribution in [1.82, 2.24) is 18.3 Å². The number of aryl methyl sites for hydroxylation is 2. The Morgan fingerprint density at radius 2 is 0.757 bits per heavy atom. The van der Waals surface area contributed by atoms with Crippen molar-refractivity contribution in [3.05, 3.63) is 225 Å². The molecule has 4 heterocycles. The van der Waals surface area contributed by atoms with E-state index in [0.29, 0.717) is 11.1 Å². The van der Waals surface area contributed by atoms with Gasteiger partial charge < -0.3 is 28.2 Å². The standard InChI is InChI=1S/2C39H36N2O3.CH2Cl2.CH4.2F6P.K/c2*1-4-40(5-2)27-19-20-31-36(24-27)44-38-26(12-11-16-32(38)37(31)29-14-7-8-15-30(29)39(42)43)22-25-18-21-35-33(23-25)28-13-9-10-17-34(28)41(35)6-3;2-1-3;;2*1-7(2,3,4,5)6;/h2*7-10,13-15,17-24H,4-6,11-12,16H2,1-3H3;1H2;1H4;;;/q;;;;2*-1;+1/p+2. The zero-order chi connectivity index (χ0) is 76.3. The molecule has 8 aromatic rings. The molecular weight excluding hydrogens is 1510 g/mol. The quantitative estimate of drug-likeness (QED) is 0.0414. The Morgan fingerprint density at radius 3 is 1.08 bits per heavy atom. The number of alkyl halides is 2. The van der Waals surface area contributed by atoms with Gasteiger partial charge in [-0.3, -0.25) is 0 Å². The predicted octanol–water partition coefficient (Wildman–Crippen LogP) is 23.0. The van der Waals surface area contributed by atoms with E-state index in [1.54, 1.807) is 24.3 Å². The van der Waals surface area contributed by atoms with Crippen LogP contribution in [-0.2, 0) is 25.9 Å². The van der Waals surface area contributed by atoms with Crippen molar-refractivity contribution in [2.45, 2.75) is 101 Å². The summed E-state index contributed by atoms with van der Waals surface area (Å²) in [5.74, 6) is 1.44. The molecule has 0 unspecified atom stereocenters. The number of aromatic carboxylic acids is 2. The number of carboxylic acids is 2. The molecule has 6 aliphatic rings. The molecule has 6 aromatic carbocycles. The summed E-state index contributed by atoms with van der Waals surface area (Å²) in [7, 11) is -21.3. The van der Waals surface area contributed by atoms with Crippen LogP contribution < -0.4 is 71.3 Å². The maximum Gasteiger partial charge on any atom is 1.00 e. The van der Waals surface area contributed by atoms with Gasteiger partial charge in [-0.2, -0.15) is 0 Å². The third-order valence-electron chi connectivity index (χ3n) is 18.4. The van der Waals surface area contributed by atoms with Gasteiger partial charge in [0, 0.05) is 102 Å². The number of para-hydroxylation sites is 2. The molecule has 2 aromatic heterocycles. The first-order valence-electron chi connectivity index (χ1n) is 34.0. The molecule has 564 valence electrons. The Labute approximate surface area is 663 Å². The predicted molar refractivity (Wildman–Crippen MR) is 410 cm³/mol. The summed E-state index contributed by atoms with van der Waals surface area (Å²) >= 11 is 9.53. The van der Waals surface area contributed by atoms with Crippen LogP contribution in [-0.4, -0.2) is 62.8 Å². The number of aromatic nitrogens is 2. The van der Waals surface area contributed by atoms with Crippen LogP contribution in [0.3, 0.4) is 0 Å². The third-order valence-corrected chi connectivity index (χ3v) is 18.4. The molecule has 0 radical (unpaired) electrons. The summed E-state index contributed by atoms with van der Waals surface area (Å²) in [5, 5.41) is 27.8. The van der Waals surface area contributed by atoms with Crippen LogP contribution in [0.25, 0.3) is 112 Å². The first kappa shape index (κ1) is 85.1. The number of hydrogen-bond donors (Lipinski definition) is 2. The molecule has 0 saturated heterocycles. The second kappa shape index (κ2) is 32.6. The Kier molecular flexibility index (Phi) is 25.9. The molecule has 4 aliphatic carbocycles. The number of fused-ring (bicyclic) bond motifs is 10. The molecule has 0 fully saturated rings. The van der Waals surface area contributed by atoms with E-state index in [1.807, 2.05) is 24.3 Å². The maximum atomic E-state index is 12.4. The Morgan fingerprint density at radius 1 is 0.439 bits per heavy atom. The van der Waals surface area contributed by atoms with Gasteiger partial charge in [-0.25, -0.2) is 18.7 Å². The smallest absolute Gasteiger partial charge is 1.00 e. The van der Waals surface area contributed by atoms with Crippen molar-refractivity contribution >= 4 is 118 Å². The maximum absolute atomic E-state index is 12.4. The fourth-order valence-electron chi connectivity index (χ4n) is 14.3. The molecule has 2 N–H and O–H groups in total. The van der Waals surface area contributed by atoms with Crippen LogP contribution in [0.5, 0.6) is 0 Å². The van der Waals surface area contributed by atoms with Crippen molar-refractivity contribution in [2.24, 2.45) is 0 Å². The topological polar surface area (TPSA) is 117 Å². The van der Waals surface area contributed by atoms with E-state index in [2.05, 4.69) is 193 Å². The van der Waals surface area contributed by atoms with Crippen molar-refractivity contribution < 1.29 is 130 Å². The van der Waals surface area contributed by atoms with Gasteiger partial charge >= 0.3 is 129 Å². The summed E-state index contributed by atoms with van der Waals surface area (Å²) in [5.41, 5.74) is 17.7. The zero-order valence-electron chi connectivity index (χ0n) is 59.0. The van der Waals surface area contributed by atoms with Gasteiger partial charge in [-0.05, 0) is 186 Å². The van der Waals surface area contributed by atoms with Gasteiger partial charge in [-0.15, -0.1) is 23.2 Å². The van der Waals surface area contributed by atoms with Crippen molar-refractivity contribution in [3.63, 3.8) is 0 Å². The Balaban J connectivity index is 0.000000219. The SMILES string of the molecule is C.CCn1c2ccccc2c2cc(/C=C3\CCCc4c3oc3cc(=[N+](CC)CC)ccc-3c4-c3ccccc3C(=O)O)ccc21.CCn1c2ccccc2c2cc(/C=C3\CCCc4c3oc3cc(=[N+](CC)CC)ccc-3c4-c3ccccc3C(=O)O)ccc21.ClCCl.F[P-](F)(F)(F)(F)F.F[P-](F)(F)(F)(F)F.[K+]. The number of carboxylic acid groups (broad SMARTS) is 2. The zero-order valence-corrected chi connectivity index (χ0v) is 65.4. The number of hydrogen-bond acceptors (Lipinski definition) is 4. The van der Waals surface area contributed by atoms with E-state index in [1.165, 1.54) is 43.6 Å². The van der Waals surface area contributed by atoms with Gasteiger partial charge in [0.15, 0.2) is 0 Å². The molecule has 107 heavy (non-hydrogen) atoms. The van der Waals surface area contributed by atoms with E-state index in [0.717, 1.165) is 178 Å². The third kappa shape index (κ3) is 21.1. The number of carbonyl (C=O) groups is 2. The summed E-state index contributed by atoms with van der Waals surface area (Å²) in [4.78, 5) is 24.8. The molecule has 27 heteroatoms. The summed E-state index contributed by atoms with van der Waals surface area (Å²) in [6, 6.07) is 58.1. The van der Waals surface area contributed by atoms with Crippen LogP contribution in [0.4, 0.5) is 50.4 Å². The van der Waals surface area contributed by atoms with Crippen LogP contribution in [0.1, 0.15) is 129 Å². The first-order chi connectivity index (χ1) is 49.3. The molecule has 0 atom stereocenters. The molecule has 0 bridgehead atoms. The minimum Gasteiger partial charge on any atom is 1.00 e. The van der Waals surface area contributed by atoms with E-state index < -0.39 is 27.6 Å². The van der Waals surface area contributed by atoms with Crippen LogP contribution in [0.15, 0.2) is 179 Å². The second-order valence-corrected chi connectivity index (χ2v) is 29.8. The number of rotatable bonds is 12. The van der Waals surface area contributed by atoms with Crippen molar-refractivity contribution in [2.75, 3.05) is 31.5 Å². The monoisotopic (exact) mass is 1590 g/mol. The molecule has 0 spiro atoms. The van der Waals surface area contributed by atoms with E-state index in [9.17, 15) is 70.2 Å². The summed E-state index contributed by atoms with van der Waals surface area (Å²) in [6.07, 6.45) is 9.93. The molecule has 10 nitrogen and oxygen atoms in total. The number of nitrogens with zero attached hydrogens (tertiary/aromatic N) is 4. The van der Waals surface area contributed by atoms with Crippen LogP contribution in [0, 0.1) is 0 Å². The van der Waals surface area contributed by atoms with Gasteiger partial charge in [0.1, 0.15) is 49.2 Å². The molecule has 2 aliphatic heterocycles. The molecule has 14 rings (SSSR count). The largest absolute Gasteiger partial charge is 1.00 e. The fraction of sp³-hybridized carbons (Fsp3) is 0.250. The van der Waals surface area contributed by atoms with E-state index in [4.69, 9.17) is 32.0 Å². The summed E-state index contributed by atoms with van der Waals surface area (Å²) in [6.45, 7) is 18.4. The second-order valence-electron chi connectivity index (χ2n) is 25.1. The minimum absolute atomic E-state index is 0. The van der Waals surface area contributed by atoms with Gasteiger partial charge in [-0.1, -0.05) is 92.4 Å². The van der Waals surface area contributed by atoms with Gasteiger partial charge in [0.05, 0.1) is 28.6 Å². The van der Waals surface area contributed by atoms with Gasteiger partial charge in [0.2, 0.25) is 10.7 Å². The Bertz CT molecular complexity index is 5130. The first-order valence-corrected chi connectivity index (χ1v) is 39.2. The summed E-state index contributed by atoms with van der Waals surface area (Å²) < 4.78 is 141.